The lowest BCUT2D eigenvalue weighted by Gasteiger charge is -2.40. The van der Waals surface area contributed by atoms with E-state index in [1.807, 2.05) is 54.6 Å². The minimum Gasteiger partial charge on any atom is -0.497 e. The van der Waals surface area contributed by atoms with Crippen LogP contribution in [-0.4, -0.2) is 60.0 Å². The Labute approximate surface area is 256 Å². The molecule has 2 fully saturated rings. The van der Waals surface area contributed by atoms with Gasteiger partial charge in [-0.25, -0.2) is 4.98 Å². The molecule has 2 aliphatic rings. The maximum absolute atomic E-state index is 14.5. The highest BCUT2D eigenvalue weighted by Gasteiger charge is 2.29. The van der Waals surface area contributed by atoms with Crippen molar-refractivity contribution in [3.05, 3.63) is 95.6 Å². The summed E-state index contributed by atoms with van der Waals surface area (Å²) in [7, 11) is 1.67. The van der Waals surface area contributed by atoms with Crippen LogP contribution in [0.3, 0.4) is 0 Å². The van der Waals surface area contributed by atoms with Crippen LogP contribution in [0.25, 0.3) is 22.2 Å². The summed E-state index contributed by atoms with van der Waals surface area (Å²) in [4.78, 5) is 24.9. The molecule has 0 spiro atoms. The Morgan fingerprint density at radius 3 is 2.30 bits per heavy atom. The highest BCUT2D eigenvalue weighted by molar-refractivity contribution is 6.09. The molecule has 2 saturated heterocycles. The third-order valence-corrected chi connectivity index (χ3v) is 9.33. The molecule has 43 heavy (non-hydrogen) atoms. The molecule has 6 rings (SSSR count). The quantitative estimate of drug-likeness (QED) is 0.228. The number of nitrogens with one attached hydrogen (secondary N) is 1. The van der Waals surface area contributed by atoms with E-state index in [1.165, 1.54) is 45.2 Å². The van der Waals surface area contributed by atoms with Crippen molar-refractivity contribution in [2.24, 2.45) is 0 Å². The Kier molecular flexibility index (Phi) is 9.35. The first-order chi connectivity index (χ1) is 21.1. The van der Waals surface area contributed by atoms with Gasteiger partial charge in [-0.1, -0.05) is 74.0 Å². The fourth-order valence-corrected chi connectivity index (χ4v) is 6.95. The standard InChI is InChI=1S/C37H44N4O2/c1-3-33(27-13-7-4-8-14-27)39-37(42)35-31-18-17-30(43-2)25-34(31)38-36(28-15-9-5-10-16-28)32(35)26-40-23-19-29(20-24-40)41-21-11-6-12-22-41/h4-5,7-10,13-18,25,29,33H,3,6,11-12,19-24,26H2,1-2H3,(H,39,42)/t33-/m0/s1. The zero-order valence-corrected chi connectivity index (χ0v) is 25.6. The first-order valence-electron chi connectivity index (χ1n) is 16.0. The number of aromatic nitrogens is 1. The molecular formula is C37H44N4O2. The van der Waals surface area contributed by atoms with Gasteiger partial charge in [0.05, 0.1) is 29.9 Å². The number of fused-ring (bicyclic) bond motifs is 1. The molecule has 1 atom stereocenters. The number of hydrogen-bond donors (Lipinski definition) is 1. The number of hydrogen-bond acceptors (Lipinski definition) is 5. The predicted molar refractivity (Wildman–Crippen MR) is 174 cm³/mol. The zero-order valence-electron chi connectivity index (χ0n) is 25.6. The summed E-state index contributed by atoms with van der Waals surface area (Å²) in [5.41, 5.74) is 5.50. The normalized spacial score (nSPS) is 17.5. The number of carbonyl (C=O) groups excluding carboxylic acids is 1. The van der Waals surface area contributed by atoms with Crippen LogP contribution in [0.15, 0.2) is 78.9 Å². The van der Waals surface area contributed by atoms with Gasteiger partial charge in [-0.05, 0) is 76.0 Å². The third kappa shape index (κ3) is 6.61. The minimum atomic E-state index is -0.0801. The molecule has 6 nitrogen and oxygen atoms in total. The summed E-state index contributed by atoms with van der Waals surface area (Å²) in [6, 6.07) is 27.0. The number of carbonyl (C=O) groups is 1. The van der Waals surface area contributed by atoms with Crippen LogP contribution in [0.1, 0.15) is 73.0 Å². The molecule has 4 aromatic rings. The average Bonchev–Trinajstić information content (AvgIpc) is 3.08. The lowest BCUT2D eigenvalue weighted by Crippen LogP contribution is -2.46. The summed E-state index contributed by atoms with van der Waals surface area (Å²) >= 11 is 0. The Hall–Kier alpha value is -3.74. The van der Waals surface area contributed by atoms with E-state index in [0.29, 0.717) is 12.6 Å². The number of likely N-dealkylation sites (tertiary alicyclic amines) is 2. The monoisotopic (exact) mass is 576 g/mol. The maximum Gasteiger partial charge on any atom is 0.252 e. The lowest BCUT2D eigenvalue weighted by molar-refractivity contribution is 0.0883. The Morgan fingerprint density at radius 2 is 1.63 bits per heavy atom. The Bertz CT molecular complexity index is 1510. The second kappa shape index (κ2) is 13.7. The Morgan fingerprint density at radius 1 is 0.930 bits per heavy atom. The molecule has 1 aromatic heterocycles. The second-order valence-electron chi connectivity index (χ2n) is 12.0. The van der Waals surface area contributed by atoms with E-state index in [1.54, 1.807) is 7.11 Å². The second-order valence-corrected chi connectivity index (χ2v) is 12.0. The summed E-state index contributed by atoms with van der Waals surface area (Å²) in [5, 5.41) is 4.26. The summed E-state index contributed by atoms with van der Waals surface area (Å²) in [6.07, 6.45) is 7.17. The largest absolute Gasteiger partial charge is 0.497 e. The minimum absolute atomic E-state index is 0.0522. The Balaban J connectivity index is 1.40. The number of methoxy groups -OCH3 is 1. The van der Waals surface area contributed by atoms with Gasteiger partial charge in [0.2, 0.25) is 0 Å². The molecule has 0 aliphatic carbocycles. The van der Waals surface area contributed by atoms with Crippen LogP contribution in [0.5, 0.6) is 5.75 Å². The van der Waals surface area contributed by atoms with Gasteiger partial charge < -0.3 is 15.0 Å². The summed E-state index contributed by atoms with van der Waals surface area (Å²) < 4.78 is 5.57. The average molecular weight is 577 g/mol. The highest BCUT2D eigenvalue weighted by Crippen LogP contribution is 2.34. The van der Waals surface area contributed by atoms with Gasteiger partial charge >= 0.3 is 0 Å². The van der Waals surface area contributed by atoms with Crippen LogP contribution < -0.4 is 10.1 Å². The molecule has 2 aliphatic heterocycles. The van der Waals surface area contributed by atoms with E-state index in [2.05, 4.69) is 46.3 Å². The van der Waals surface area contributed by atoms with Crippen molar-refractivity contribution in [2.45, 2.75) is 64.1 Å². The van der Waals surface area contributed by atoms with Crippen LogP contribution in [-0.2, 0) is 6.54 Å². The number of pyridine rings is 1. The third-order valence-electron chi connectivity index (χ3n) is 9.33. The summed E-state index contributed by atoms with van der Waals surface area (Å²) in [6.45, 7) is 7.35. The zero-order chi connectivity index (χ0) is 29.6. The van der Waals surface area contributed by atoms with Crippen molar-refractivity contribution in [2.75, 3.05) is 33.3 Å². The van der Waals surface area contributed by atoms with Crippen molar-refractivity contribution in [1.29, 1.82) is 0 Å². The molecule has 0 saturated carbocycles. The molecule has 1 N–H and O–H groups in total. The van der Waals surface area contributed by atoms with E-state index in [9.17, 15) is 4.79 Å². The summed E-state index contributed by atoms with van der Waals surface area (Å²) in [5.74, 6) is 0.678. The first kappa shape index (κ1) is 29.3. The SMILES string of the molecule is CC[C@H](NC(=O)c1c(CN2CCC(N3CCCCC3)CC2)c(-c2ccccc2)nc2cc(OC)ccc12)c1ccccc1. The maximum atomic E-state index is 14.5. The van der Waals surface area contributed by atoms with Gasteiger partial charge in [0, 0.05) is 35.2 Å². The molecule has 3 aromatic carbocycles. The van der Waals surface area contributed by atoms with Crippen molar-refractivity contribution in [3.8, 4) is 17.0 Å². The van der Waals surface area contributed by atoms with Crippen molar-refractivity contribution < 1.29 is 9.53 Å². The number of benzene rings is 3. The van der Waals surface area contributed by atoms with Crippen LogP contribution >= 0.6 is 0 Å². The number of amides is 1. The van der Waals surface area contributed by atoms with Gasteiger partial charge in [0.25, 0.3) is 5.91 Å². The molecule has 0 radical (unpaired) electrons. The van der Waals surface area contributed by atoms with E-state index < -0.39 is 0 Å². The van der Waals surface area contributed by atoms with Crippen LogP contribution in [0.2, 0.25) is 0 Å². The van der Waals surface area contributed by atoms with Gasteiger partial charge in [0.1, 0.15) is 5.75 Å². The van der Waals surface area contributed by atoms with Gasteiger partial charge in [-0.15, -0.1) is 0 Å². The van der Waals surface area contributed by atoms with E-state index in [-0.39, 0.29) is 11.9 Å². The predicted octanol–water partition coefficient (Wildman–Crippen LogP) is 7.24. The number of piperidine rings is 2. The van der Waals surface area contributed by atoms with Gasteiger partial charge in [-0.3, -0.25) is 9.69 Å². The van der Waals surface area contributed by atoms with Gasteiger partial charge in [-0.2, -0.15) is 0 Å². The lowest BCUT2D eigenvalue weighted by atomic mass is 9.93. The smallest absolute Gasteiger partial charge is 0.252 e. The van der Waals surface area contributed by atoms with E-state index >= 15 is 0 Å². The molecule has 224 valence electrons. The molecule has 0 unspecified atom stereocenters. The highest BCUT2D eigenvalue weighted by atomic mass is 16.5. The molecule has 3 heterocycles. The van der Waals surface area contributed by atoms with Crippen LogP contribution in [0.4, 0.5) is 0 Å². The topological polar surface area (TPSA) is 57.7 Å². The molecule has 1 amide bonds. The number of nitrogens with zero attached hydrogens (tertiary/aromatic N) is 3. The first-order valence-corrected chi connectivity index (χ1v) is 16.0. The van der Waals surface area contributed by atoms with Crippen molar-refractivity contribution in [1.82, 2.24) is 20.1 Å². The fraction of sp³-hybridized carbons (Fsp3) is 0.405. The molecule has 0 bridgehead atoms. The van der Waals surface area contributed by atoms with Crippen LogP contribution in [0, 0.1) is 0 Å². The number of rotatable bonds is 9. The van der Waals surface area contributed by atoms with E-state index in [4.69, 9.17) is 9.72 Å². The molecular weight excluding hydrogens is 532 g/mol. The van der Waals surface area contributed by atoms with Gasteiger partial charge in [0.15, 0.2) is 0 Å². The van der Waals surface area contributed by atoms with Crippen molar-refractivity contribution in [3.63, 3.8) is 0 Å². The van der Waals surface area contributed by atoms with E-state index in [0.717, 1.165) is 64.1 Å². The number of ether oxygens (including phenoxy) is 1. The van der Waals surface area contributed by atoms with Crippen molar-refractivity contribution >= 4 is 16.8 Å². The molecule has 6 heteroatoms. The fourth-order valence-electron chi connectivity index (χ4n) is 6.95.